The summed E-state index contributed by atoms with van der Waals surface area (Å²) < 4.78 is 19.8. The molecule has 0 bridgehead atoms. The maximum Gasteiger partial charge on any atom is 0.463 e. The van der Waals surface area contributed by atoms with E-state index in [-0.39, 0.29) is 10.8 Å². The van der Waals surface area contributed by atoms with Crippen LogP contribution in [0.2, 0.25) is 0 Å². The number of rotatable bonds is 13. The third-order valence-corrected chi connectivity index (χ3v) is 9.61. The van der Waals surface area contributed by atoms with Crippen LogP contribution in [0.25, 0.3) is 0 Å². The highest BCUT2D eigenvalue weighted by Crippen LogP contribution is 2.56. The Morgan fingerprint density at radius 1 is 0.625 bits per heavy atom. The third kappa shape index (κ3) is 9.95. The molecule has 1 heterocycles. The van der Waals surface area contributed by atoms with Gasteiger partial charge in [0.2, 0.25) is 0 Å². The molecule has 0 aliphatic carbocycles. The summed E-state index contributed by atoms with van der Waals surface area (Å²) in [5, 5.41) is 0. The van der Waals surface area contributed by atoms with Crippen molar-refractivity contribution in [3.05, 3.63) is 46.5 Å². The molecule has 0 saturated heterocycles. The van der Waals surface area contributed by atoms with E-state index in [0.717, 1.165) is 27.7 Å². The second-order valence-corrected chi connectivity index (χ2v) is 15.8. The number of aryl methyl sites for hydroxylation is 2. The molecular formula is C35H55O3PS. The smallest absolute Gasteiger partial charge is 0.416 e. The molecule has 0 saturated carbocycles. The van der Waals surface area contributed by atoms with Gasteiger partial charge < -0.3 is 9.05 Å². The molecule has 0 aromatic heterocycles. The molecule has 1 aliphatic heterocycles. The zero-order chi connectivity index (χ0) is 29.3. The predicted molar refractivity (Wildman–Crippen MR) is 174 cm³/mol. The van der Waals surface area contributed by atoms with E-state index in [2.05, 4.69) is 86.6 Å². The summed E-state index contributed by atoms with van der Waals surface area (Å²) in [5.74, 6) is 1.83. The van der Waals surface area contributed by atoms with Gasteiger partial charge in [0.05, 0.1) is 16.4 Å². The van der Waals surface area contributed by atoms with Crippen molar-refractivity contribution < 1.29 is 13.6 Å². The first-order chi connectivity index (χ1) is 18.9. The molecule has 5 heteroatoms. The topological polar surface area (TPSA) is 27.7 Å². The zero-order valence-electron chi connectivity index (χ0n) is 26.9. The van der Waals surface area contributed by atoms with Crippen LogP contribution in [0.1, 0.15) is 141 Å². The number of benzene rings is 2. The third-order valence-electron chi connectivity index (χ3n) is 7.51. The lowest BCUT2D eigenvalue weighted by atomic mass is 9.85. The van der Waals surface area contributed by atoms with Gasteiger partial charge in [-0.25, -0.2) is 0 Å². The minimum atomic E-state index is -1.59. The van der Waals surface area contributed by atoms with Crippen LogP contribution in [-0.4, -0.2) is 6.61 Å². The Kier molecular flexibility index (Phi) is 12.7. The molecule has 0 amide bonds. The van der Waals surface area contributed by atoms with Gasteiger partial charge in [-0.2, -0.15) is 0 Å². The first kappa shape index (κ1) is 33.3. The first-order valence-electron chi connectivity index (χ1n) is 15.7. The highest BCUT2D eigenvalue weighted by atomic mass is 32.2. The van der Waals surface area contributed by atoms with Gasteiger partial charge in [-0.05, 0) is 54.4 Å². The second-order valence-electron chi connectivity index (χ2n) is 13.7. The Morgan fingerprint density at radius 3 is 1.43 bits per heavy atom. The van der Waals surface area contributed by atoms with Crippen LogP contribution >= 0.6 is 20.4 Å². The van der Waals surface area contributed by atoms with Gasteiger partial charge in [-0.15, -0.1) is 0 Å². The molecule has 1 aliphatic rings. The lowest BCUT2D eigenvalue weighted by Crippen LogP contribution is -2.17. The van der Waals surface area contributed by atoms with Crippen LogP contribution in [0.3, 0.4) is 0 Å². The van der Waals surface area contributed by atoms with Crippen molar-refractivity contribution in [1.29, 1.82) is 0 Å². The van der Waals surface area contributed by atoms with Crippen molar-refractivity contribution in [2.45, 2.75) is 154 Å². The fraction of sp³-hybridized carbons (Fsp3) is 0.657. The normalized spacial score (nSPS) is 14.1. The van der Waals surface area contributed by atoms with Gasteiger partial charge in [0, 0.05) is 11.1 Å². The zero-order valence-corrected chi connectivity index (χ0v) is 28.6. The summed E-state index contributed by atoms with van der Waals surface area (Å²) in [6.07, 6.45) is 14.5. The summed E-state index contributed by atoms with van der Waals surface area (Å²) in [4.78, 5) is 2.29. The summed E-state index contributed by atoms with van der Waals surface area (Å²) in [5.41, 5.74) is 4.79. The number of fused-ring (bicyclic) bond motifs is 2. The monoisotopic (exact) mass is 586 g/mol. The van der Waals surface area contributed by atoms with E-state index >= 15 is 0 Å². The van der Waals surface area contributed by atoms with Crippen LogP contribution in [0.15, 0.2) is 34.1 Å². The number of hydrogen-bond acceptors (Lipinski definition) is 4. The largest absolute Gasteiger partial charge is 0.463 e. The second kappa shape index (κ2) is 15.3. The van der Waals surface area contributed by atoms with Crippen LogP contribution in [0.5, 0.6) is 11.5 Å². The molecule has 0 N–H and O–H groups in total. The Labute approximate surface area is 251 Å². The van der Waals surface area contributed by atoms with Crippen LogP contribution in [0.4, 0.5) is 0 Å². The van der Waals surface area contributed by atoms with Gasteiger partial charge in [0.25, 0.3) is 0 Å². The van der Waals surface area contributed by atoms with Crippen LogP contribution in [-0.2, 0) is 15.4 Å². The van der Waals surface area contributed by atoms with Crippen molar-refractivity contribution in [2.75, 3.05) is 6.61 Å². The number of unbranched alkanes of at least 4 members (excludes halogenated alkanes) is 10. The van der Waals surface area contributed by atoms with E-state index in [0.29, 0.717) is 6.61 Å². The van der Waals surface area contributed by atoms with Gasteiger partial charge in [0.1, 0.15) is 11.5 Å². The molecule has 0 radical (unpaired) electrons. The molecule has 2 aromatic carbocycles. The summed E-state index contributed by atoms with van der Waals surface area (Å²) in [7, 11) is -1.59. The van der Waals surface area contributed by atoms with Crippen molar-refractivity contribution in [1.82, 2.24) is 0 Å². The van der Waals surface area contributed by atoms with Crippen molar-refractivity contribution in [2.24, 2.45) is 0 Å². The lowest BCUT2D eigenvalue weighted by Gasteiger charge is -2.32. The minimum absolute atomic E-state index is 0.0567. The Bertz CT molecular complexity index is 1010. The quantitative estimate of drug-likeness (QED) is 0.172. The van der Waals surface area contributed by atoms with E-state index < -0.39 is 8.60 Å². The predicted octanol–water partition coefficient (Wildman–Crippen LogP) is 12.4. The van der Waals surface area contributed by atoms with Crippen molar-refractivity contribution in [3.63, 3.8) is 0 Å². The molecule has 3 nitrogen and oxygen atoms in total. The minimum Gasteiger partial charge on any atom is -0.416 e. The molecule has 0 spiro atoms. The molecule has 2 aromatic rings. The summed E-state index contributed by atoms with van der Waals surface area (Å²) >= 11 is 1.76. The average Bonchev–Trinajstić information content (AvgIpc) is 2.84. The molecule has 0 fully saturated rings. The first-order valence-corrected chi connectivity index (χ1v) is 17.6. The molecule has 0 atom stereocenters. The van der Waals surface area contributed by atoms with Gasteiger partial charge >= 0.3 is 8.60 Å². The van der Waals surface area contributed by atoms with E-state index in [1.165, 1.54) is 86.5 Å². The lowest BCUT2D eigenvalue weighted by molar-refractivity contribution is 0.252. The number of hydrogen-bond donors (Lipinski definition) is 0. The summed E-state index contributed by atoms with van der Waals surface area (Å²) in [6, 6.07) is 9.02. The SMILES string of the molecule is CCCCCCCCCCCCCOP1Oc2c(cc(C)cc2C(C)(C)C)Sc2cc(C)cc(C(C)(C)C)c2O1. The Hall–Kier alpha value is -1.22. The van der Waals surface area contributed by atoms with Crippen molar-refractivity contribution >= 4 is 20.4 Å². The van der Waals surface area contributed by atoms with Gasteiger partial charge in [-0.1, -0.05) is 137 Å². The Balaban J connectivity index is 1.73. The van der Waals surface area contributed by atoms with Crippen molar-refractivity contribution in [3.8, 4) is 11.5 Å². The molecular weight excluding hydrogens is 531 g/mol. The summed E-state index contributed by atoms with van der Waals surface area (Å²) in [6.45, 7) is 20.8. The van der Waals surface area contributed by atoms with Gasteiger partial charge in [-0.3, -0.25) is 4.52 Å². The Morgan fingerprint density at radius 2 is 1.02 bits per heavy atom. The van der Waals surface area contributed by atoms with E-state index in [1.807, 2.05) is 0 Å². The van der Waals surface area contributed by atoms with E-state index in [4.69, 9.17) is 13.6 Å². The molecule has 0 unspecified atom stereocenters. The molecule has 3 rings (SSSR count). The fourth-order valence-electron chi connectivity index (χ4n) is 5.18. The maximum atomic E-state index is 6.70. The highest BCUT2D eigenvalue weighted by Gasteiger charge is 2.33. The average molecular weight is 587 g/mol. The van der Waals surface area contributed by atoms with Gasteiger partial charge in [0.15, 0.2) is 0 Å². The van der Waals surface area contributed by atoms with Crippen LogP contribution in [0, 0.1) is 13.8 Å². The molecule has 40 heavy (non-hydrogen) atoms. The van der Waals surface area contributed by atoms with E-state index in [1.54, 1.807) is 11.8 Å². The maximum absolute atomic E-state index is 6.70. The van der Waals surface area contributed by atoms with E-state index in [9.17, 15) is 0 Å². The molecule has 224 valence electrons. The van der Waals surface area contributed by atoms with Crippen LogP contribution < -0.4 is 9.05 Å². The standard InChI is InChI=1S/C35H55O3PS/c1-10-11-12-13-14-15-16-17-18-19-20-21-36-39-37-32-28(34(4,5)6)22-26(2)24-30(32)40-31-25-27(3)23-29(33(31)38-39)35(7,8)9/h22-25H,10-21H2,1-9H3. The fourth-order valence-corrected chi connectivity index (χ4v) is 7.63. The highest BCUT2D eigenvalue weighted by molar-refractivity contribution is 7.99.